The monoisotopic (exact) mass is 304 g/mol. The van der Waals surface area contributed by atoms with E-state index in [1.165, 1.54) is 0 Å². The fourth-order valence-electron chi connectivity index (χ4n) is 1.95. The highest BCUT2D eigenvalue weighted by Crippen LogP contribution is 2.27. The Hall–Kier alpha value is -1.75. The van der Waals surface area contributed by atoms with Gasteiger partial charge in [0, 0.05) is 24.4 Å². The summed E-state index contributed by atoms with van der Waals surface area (Å²) in [4.78, 5) is 19.6. The lowest BCUT2D eigenvalue weighted by atomic mass is 10.1. The maximum atomic E-state index is 11.5. The van der Waals surface area contributed by atoms with Crippen LogP contribution in [-0.4, -0.2) is 15.8 Å². The fraction of sp³-hybridized carbons (Fsp3) is 0.154. The lowest BCUT2D eigenvalue weighted by molar-refractivity contribution is 0.0994. The molecule has 1 aliphatic carbocycles. The van der Waals surface area contributed by atoms with E-state index in [9.17, 15) is 4.79 Å². The number of fused-ring (bicyclic) bond motifs is 1. The Bertz CT molecular complexity index is 611. The SMILES string of the molecule is O=C1CCc2cc(Oc3ncc(Br)cn3)ccc21. The first-order valence-electron chi connectivity index (χ1n) is 5.54. The van der Waals surface area contributed by atoms with E-state index in [4.69, 9.17) is 4.74 Å². The standard InChI is InChI=1S/C13H9BrN2O2/c14-9-6-15-13(16-7-9)18-10-2-3-11-8(5-10)1-4-12(11)17/h2-3,5-7H,1,4H2. The molecule has 1 aromatic heterocycles. The second-order valence-corrected chi connectivity index (χ2v) is 4.94. The number of carbonyl (C=O) groups is 1. The number of benzene rings is 1. The molecule has 0 unspecified atom stereocenters. The Morgan fingerprint density at radius 1 is 1.17 bits per heavy atom. The molecule has 1 heterocycles. The molecule has 18 heavy (non-hydrogen) atoms. The molecule has 3 rings (SSSR count). The van der Waals surface area contributed by atoms with Gasteiger partial charge in [-0.1, -0.05) is 0 Å². The van der Waals surface area contributed by atoms with Crippen LogP contribution in [0.4, 0.5) is 0 Å². The van der Waals surface area contributed by atoms with Crippen molar-refractivity contribution in [1.82, 2.24) is 9.97 Å². The molecule has 2 aromatic rings. The van der Waals surface area contributed by atoms with Gasteiger partial charge in [-0.05, 0) is 46.1 Å². The number of carbonyl (C=O) groups excluding carboxylic acids is 1. The maximum Gasteiger partial charge on any atom is 0.321 e. The molecule has 0 atom stereocenters. The van der Waals surface area contributed by atoms with E-state index >= 15 is 0 Å². The van der Waals surface area contributed by atoms with Crippen molar-refractivity contribution in [2.45, 2.75) is 12.8 Å². The molecule has 0 aliphatic heterocycles. The van der Waals surface area contributed by atoms with Gasteiger partial charge in [0.2, 0.25) is 0 Å². The van der Waals surface area contributed by atoms with E-state index in [0.717, 1.165) is 22.0 Å². The summed E-state index contributed by atoms with van der Waals surface area (Å²) in [5, 5.41) is 0. The number of rotatable bonds is 2. The highest BCUT2D eigenvalue weighted by atomic mass is 79.9. The molecule has 90 valence electrons. The molecule has 0 N–H and O–H groups in total. The van der Waals surface area contributed by atoms with Crippen molar-refractivity contribution in [1.29, 1.82) is 0 Å². The number of ether oxygens (including phenoxy) is 1. The fourth-order valence-corrected chi connectivity index (χ4v) is 2.16. The van der Waals surface area contributed by atoms with Crippen molar-refractivity contribution in [3.8, 4) is 11.8 Å². The first-order chi connectivity index (χ1) is 8.72. The van der Waals surface area contributed by atoms with Gasteiger partial charge >= 0.3 is 6.01 Å². The van der Waals surface area contributed by atoms with Gasteiger partial charge in [-0.2, -0.15) is 0 Å². The molecular weight excluding hydrogens is 296 g/mol. The minimum atomic E-state index is 0.205. The van der Waals surface area contributed by atoms with E-state index in [1.807, 2.05) is 6.07 Å². The van der Waals surface area contributed by atoms with E-state index in [1.54, 1.807) is 24.5 Å². The van der Waals surface area contributed by atoms with E-state index in [-0.39, 0.29) is 5.78 Å². The molecule has 0 amide bonds. The molecule has 1 aliphatic rings. The van der Waals surface area contributed by atoms with Gasteiger partial charge in [0.1, 0.15) is 5.75 Å². The smallest absolute Gasteiger partial charge is 0.321 e. The van der Waals surface area contributed by atoms with Crippen molar-refractivity contribution in [2.75, 3.05) is 0 Å². The number of halogens is 1. The Morgan fingerprint density at radius 3 is 2.72 bits per heavy atom. The van der Waals surface area contributed by atoms with Crippen LogP contribution in [0, 0.1) is 0 Å². The number of aryl methyl sites for hydroxylation is 1. The summed E-state index contributed by atoms with van der Waals surface area (Å²) in [5.74, 6) is 0.863. The number of hydrogen-bond donors (Lipinski definition) is 0. The molecule has 0 saturated carbocycles. The zero-order valence-electron chi connectivity index (χ0n) is 9.39. The molecule has 0 bridgehead atoms. The van der Waals surface area contributed by atoms with Gasteiger partial charge in [-0.3, -0.25) is 4.79 Å². The van der Waals surface area contributed by atoms with Crippen LogP contribution < -0.4 is 4.74 Å². The van der Waals surface area contributed by atoms with Crippen LogP contribution in [0.15, 0.2) is 35.1 Å². The summed E-state index contributed by atoms with van der Waals surface area (Å²) in [7, 11) is 0. The molecule has 5 heteroatoms. The van der Waals surface area contributed by atoms with Crippen molar-refractivity contribution < 1.29 is 9.53 Å². The third-order valence-electron chi connectivity index (χ3n) is 2.80. The van der Waals surface area contributed by atoms with Gasteiger partial charge in [0.15, 0.2) is 5.78 Å². The zero-order chi connectivity index (χ0) is 12.5. The number of aromatic nitrogens is 2. The lowest BCUT2D eigenvalue weighted by Crippen LogP contribution is -1.94. The molecule has 0 saturated heterocycles. The van der Waals surface area contributed by atoms with Crippen LogP contribution in [0.3, 0.4) is 0 Å². The number of nitrogens with zero attached hydrogens (tertiary/aromatic N) is 2. The summed E-state index contributed by atoms with van der Waals surface area (Å²) < 4.78 is 6.34. The average Bonchev–Trinajstić information content (AvgIpc) is 2.74. The summed E-state index contributed by atoms with van der Waals surface area (Å²) in [6.07, 6.45) is 4.62. The van der Waals surface area contributed by atoms with Crippen LogP contribution in [0.5, 0.6) is 11.8 Å². The molecule has 4 nitrogen and oxygen atoms in total. The first-order valence-corrected chi connectivity index (χ1v) is 6.33. The van der Waals surface area contributed by atoms with Gasteiger partial charge in [-0.25, -0.2) is 9.97 Å². The Kier molecular flexibility index (Phi) is 2.83. The Morgan fingerprint density at radius 2 is 1.94 bits per heavy atom. The maximum absolute atomic E-state index is 11.5. The third-order valence-corrected chi connectivity index (χ3v) is 3.21. The first kappa shape index (κ1) is 11.3. The van der Waals surface area contributed by atoms with Crippen LogP contribution >= 0.6 is 15.9 Å². The van der Waals surface area contributed by atoms with Crippen LogP contribution in [0.25, 0.3) is 0 Å². The predicted octanol–water partition coefficient (Wildman–Crippen LogP) is 3.16. The number of hydrogen-bond acceptors (Lipinski definition) is 4. The zero-order valence-corrected chi connectivity index (χ0v) is 11.0. The normalized spacial score (nSPS) is 13.5. The highest BCUT2D eigenvalue weighted by molar-refractivity contribution is 9.10. The topological polar surface area (TPSA) is 52.1 Å². The summed E-state index contributed by atoms with van der Waals surface area (Å²) >= 11 is 3.26. The molecular formula is C13H9BrN2O2. The lowest BCUT2D eigenvalue weighted by Gasteiger charge is -2.05. The average molecular weight is 305 g/mol. The van der Waals surface area contributed by atoms with Crippen LogP contribution in [-0.2, 0) is 6.42 Å². The highest BCUT2D eigenvalue weighted by Gasteiger charge is 2.19. The largest absolute Gasteiger partial charge is 0.424 e. The van der Waals surface area contributed by atoms with Crippen molar-refractivity contribution in [2.24, 2.45) is 0 Å². The van der Waals surface area contributed by atoms with Crippen LogP contribution in [0.1, 0.15) is 22.3 Å². The van der Waals surface area contributed by atoms with Gasteiger partial charge in [-0.15, -0.1) is 0 Å². The van der Waals surface area contributed by atoms with Crippen molar-refractivity contribution in [3.63, 3.8) is 0 Å². The number of ketones is 1. The molecule has 0 fully saturated rings. The number of Topliss-reactive ketones (excluding diaryl/α,β-unsaturated/α-hetero) is 1. The minimum Gasteiger partial charge on any atom is -0.424 e. The van der Waals surface area contributed by atoms with Gasteiger partial charge < -0.3 is 4.74 Å². The van der Waals surface area contributed by atoms with Crippen molar-refractivity contribution >= 4 is 21.7 Å². The van der Waals surface area contributed by atoms with Crippen LogP contribution in [0.2, 0.25) is 0 Å². The van der Waals surface area contributed by atoms with Gasteiger partial charge in [0.25, 0.3) is 0 Å². The Labute approximate surface area is 112 Å². The van der Waals surface area contributed by atoms with E-state index < -0.39 is 0 Å². The van der Waals surface area contributed by atoms with E-state index in [0.29, 0.717) is 18.2 Å². The molecule has 1 aromatic carbocycles. The summed E-state index contributed by atoms with van der Waals surface area (Å²) in [5.41, 5.74) is 1.84. The molecule has 0 spiro atoms. The van der Waals surface area contributed by atoms with Gasteiger partial charge in [0.05, 0.1) is 4.47 Å². The summed E-state index contributed by atoms with van der Waals surface area (Å²) in [6.45, 7) is 0. The minimum absolute atomic E-state index is 0.205. The van der Waals surface area contributed by atoms with E-state index in [2.05, 4.69) is 25.9 Å². The second-order valence-electron chi connectivity index (χ2n) is 4.03. The third kappa shape index (κ3) is 2.13. The Balaban J connectivity index is 1.86. The molecule has 0 radical (unpaired) electrons. The predicted molar refractivity (Wildman–Crippen MR) is 68.9 cm³/mol. The van der Waals surface area contributed by atoms with Crippen molar-refractivity contribution in [3.05, 3.63) is 46.2 Å². The quantitative estimate of drug-likeness (QED) is 0.855. The second kappa shape index (κ2) is 4.49. The summed E-state index contributed by atoms with van der Waals surface area (Å²) in [6, 6.07) is 5.75.